The summed E-state index contributed by atoms with van der Waals surface area (Å²) in [7, 11) is 3.01. The Morgan fingerprint density at radius 1 is 0.931 bits per heavy atom. The lowest BCUT2D eigenvalue weighted by atomic mass is 10.1. The van der Waals surface area contributed by atoms with Gasteiger partial charge in [0.1, 0.15) is 5.60 Å². The fourth-order valence-corrected chi connectivity index (χ4v) is 2.75. The molecule has 0 N–H and O–H groups in total. The number of carbonyl (C=O) groups is 3. The molecule has 7 heteroatoms. The third kappa shape index (κ3) is 13.3. The Morgan fingerprint density at radius 2 is 1.52 bits per heavy atom. The predicted octanol–water partition coefficient (Wildman–Crippen LogP) is 4.51. The van der Waals surface area contributed by atoms with E-state index in [1.807, 2.05) is 0 Å². The van der Waals surface area contributed by atoms with Gasteiger partial charge in [0.05, 0.1) is 0 Å². The van der Waals surface area contributed by atoms with Gasteiger partial charge in [-0.1, -0.05) is 39.0 Å². The zero-order valence-electron chi connectivity index (χ0n) is 19.4. The average molecular weight is 416 g/mol. The molecule has 0 rings (SSSR count). The second-order valence-corrected chi connectivity index (χ2v) is 8.51. The van der Waals surface area contributed by atoms with E-state index in [1.54, 1.807) is 27.8 Å². The van der Waals surface area contributed by atoms with Crippen molar-refractivity contribution in [2.24, 2.45) is 0 Å². The van der Waals surface area contributed by atoms with Gasteiger partial charge in [-0.05, 0) is 40.5 Å². The van der Waals surface area contributed by atoms with Gasteiger partial charge in [0.15, 0.2) is 18.0 Å². The summed E-state index contributed by atoms with van der Waals surface area (Å²) in [5, 5.41) is 0. The third-order valence-corrected chi connectivity index (χ3v) is 4.51. The van der Waals surface area contributed by atoms with Crippen LogP contribution in [0, 0.1) is 0 Å². The Balaban J connectivity index is 4.50. The summed E-state index contributed by atoms with van der Waals surface area (Å²) in [5.74, 6) is -0.732. The number of unbranched alkanes of at least 4 members (excludes halogenated alkanes) is 5. The maximum Gasteiger partial charge on any atom is 0.410 e. The van der Waals surface area contributed by atoms with Crippen LogP contribution in [0.1, 0.15) is 86.0 Å². The number of ether oxygens (including phenoxy) is 3. The maximum atomic E-state index is 12.4. The summed E-state index contributed by atoms with van der Waals surface area (Å²) in [6.07, 6.45) is 5.34. The van der Waals surface area contributed by atoms with E-state index in [1.165, 1.54) is 38.2 Å². The van der Waals surface area contributed by atoms with Crippen LogP contribution in [0.4, 0.5) is 4.79 Å². The van der Waals surface area contributed by atoms with E-state index in [0.717, 1.165) is 19.3 Å². The van der Waals surface area contributed by atoms with Gasteiger partial charge in [-0.3, -0.25) is 4.79 Å². The van der Waals surface area contributed by atoms with Crippen molar-refractivity contribution in [1.29, 1.82) is 0 Å². The normalized spacial score (nSPS) is 13.5. The van der Waals surface area contributed by atoms with Gasteiger partial charge in [0, 0.05) is 27.1 Å². The fourth-order valence-electron chi connectivity index (χ4n) is 2.75. The molecule has 7 nitrogen and oxygen atoms in total. The van der Waals surface area contributed by atoms with Gasteiger partial charge in [0.25, 0.3) is 0 Å². The van der Waals surface area contributed by atoms with Gasteiger partial charge in [0.2, 0.25) is 0 Å². The number of rotatable bonds is 14. The Labute approximate surface area is 176 Å². The number of hydrogen-bond acceptors (Lipinski definition) is 6. The molecule has 0 radical (unpaired) electrons. The van der Waals surface area contributed by atoms with Crippen LogP contribution in [-0.2, 0) is 23.8 Å². The zero-order chi connectivity index (χ0) is 22.4. The highest BCUT2D eigenvalue weighted by molar-refractivity contribution is 5.84. The molecule has 1 amide bonds. The van der Waals surface area contributed by atoms with Crippen molar-refractivity contribution in [2.75, 3.05) is 20.7 Å². The van der Waals surface area contributed by atoms with Crippen molar-refractivity contribution in [3.63, 3.8) is 0 Å². The number of Topliss-reactive ketones (excluding diaryl/α,β-unsaturated/α-hetero) is 1. The largest absolute Gasteiger partial charge is 0.452 e. The van der Waals surface area contributed by atoms with E-state index in [4.69, 9.17) is 14.2 Å². The van der Waals surface area contributed by atoms with E-state index in [9.17, 15) is 14.4 Å². The number of ketones is 1. The highest BCUT2D eigenvalue weighted by Gasteiger charge is 2.27. The van der Waals surface area contributed by atoms with Crippen LogP contribution in [0.3, 0.4) is 0 Å². The molecule has 0 saturated heterocycles. The smallest absolute Gasteiger partial charge is 0.410 e. The van der Waals surface area contributed by atoms with Crippen molar-refractivity contribution in [1.82, 2.24) is 4.90 Å². The third-order valence-electron chi connectivity index (χ3n) is 4.51. The van der Waals surface area contributed by atoms with Crippen LogP contribution in [0.5, 0.6) is 0 Å². The quantitative estimate of drug-likeness (QED) is 0.307. The van der Waals surface area contributed by atoms with Gasteiger partial charge >= 0.3 is 12.1 Å². The molecule has 0 aliphatic rings. The lowest BCUT2D eigenvalue weighted by Gasteiger charge is -2.26. The van der Waals surface area contributed by atoms with Crippen LogP contribution in [0.2, 0.25) is 0 Å². The molecule has 2 atom stereocenters. The van der Waals surface area contributed by atoms with Gasteiger partial charge < -0.3 is 19.1 Å². The van der Waals surface area contributed by atoms with Gasteiger partial charge in [-0.2, -0.15) is 0 Å². The number of esters is 1. The summed E-state index contributed by atoms with van der Waals surface area (Å²) in [6, 6.07) is 0. The highest BCUT2D eigenvalue weighted by Crippen LogP contribution is 2.14. The maximum absolute atomic E-state index is 12.4. The summed E-state index contributed by atoms with van der Waals surface area (Å²) in [6.45, 7) is 9.25. The zero-order valence-corrected chi connectivity index (χ0v) is 19.4. The molecule has 0 heterocycles. The SMILES string of the molecule is CCCCCCCC[C@@H](OC(=O)[C@H](CCN(C)C(=O)OC(C)(C)C)OC)C(C)=O. The van der Waals surface area contributed by atoms with Crippen molar-refractivity contribution in [2.45, 2.75) is 104 Å². The molecule has 0 aromatic heterocycles. The first-order valence-corrected chi connectivity index (χ1v) is 10.7. The van der Waals surface area contributed by atoms with Crippen LogP contribution in [0.15, 0.2) is 0 Å². The molecule has 0 fully saturated rings. The summed E-state index contributed by atoms with van der Waals surface area (Å²) < 4.78 is 15.9. The Hall–Kier alpha value is -1.63. The van der Waals surface area contributed by atoms with Crippen LogP contribution >= 0.6 is 0 Å². The van der Waals surface area contributed by atoms with E-state index in [-0.39, 0.29) is 18.7 Å². The van der Waals surface area contributed by atoms with Gasteiger partial charge in [-0.15, -0.1) is 0 Å². The second-order valence-electron chi connectivity index (χ2n) is 8.51. The molecular formula is C22H41NO6. The molecule has 29 heavy (non-hydrogen) atoms. The lowest BCUT2D eigenvalue weighted by molar-refractivity contribution is -0.165. The fraction of sp³-hybridized carbons (Fsp3) is 0.864. The predicted molar refractivity (Wildman–Crippen MR) is 113 cm³/mol. The van der Waals surface area contributed by atoms with Gasteiger partial charge in [-0.25, -0.2) is 9.59 Å². The Kier molecular flexibility index (Phi) is 13.6. The first-order chi connectivity index (χ1) is 13.5. The van der Waals surface area contributed by atoms with Crippen LogP contribution < -0.4 is 0 Å². The Bertz CT molecular complexity index is 500. The first kappa shape index (κ1) is 27.4. The molecule has 0 saturated carbocycles. The lowest BCUT2D eigenvalue weighted by Crippen LogP contribution is -2.38. The van der Waals surface area contributed by atoms with Crippen molar-refractivity contribution >= 4 is 17.8 Å². The molecular weight excluding hydrogens is 374 g/mol. The van der Waals surface area contributed by atoms with E-state index in [2.05, 4.69) is 6.92 Å². The van der Waals surface area contributed by atoms with Crippen LogP contribution in [-0.4, -0.2) is 61.3 Å². The van der Waals surface area contributed by atoms with Crippen LogP contribution in [0.25, 0.3) is 0 Å². The molecule has 0 unspecified atom stereocenters. The standard InChI is InChI=1S/C22H41NO6/c1-8-9-10-11-12-13-14-18(17(2)24)28-20(25)19(27-7)15-16-23(6)21(26)29-22(3,4)5/h18-19H,8-16H2,1-7H3/t18-,19+/m1/s1. The molecule has 0 aliphatic carbocycles. The number of methoxy groups -OCH3 is 1. The molecule has 0 aromatic rings. The molecule has 0 bridgehead atoms. The number of nitrogens with zero attached hydrogens (tertiary/aromatic N) is 1. The van der Waals surface area contributed by atoms with Crippen molar-refractivity contribution in [3.05, 3.63) is 0 Å². The minimum atomic E-state index is -0.841. The van der Waals surface area contributed by atoms with E-state index in [0.29, 0.717) is 6.42 Å². The monoisotopic (exact) mass is 415 g/mol. The number of carbonyl (C=O) groups excluding carboxylic acids is 3. The highest BCUT2D eigenvalue weighted by atomic mass is 16.6. The van der Waals surface area contributed by atoms with Crippen molar-refractivity contribution < 1.29 is 28.6 Å². The molecule has 0 spiro atoms. The Morgan fingerprint density at radius 3 is 2.03 bits per heavy atom. The minimum absolute atomic E-state index is 0.160. The minimum Gasteiger partial charge on any atom is -0.452 e. The molecule has 170 valence electrons. The summed E-state index contributed by atoms with van der Waals surface area (Å²) >= 11 is 0. The topological polar surface area (TPSA) is 82.1 Å². The number of hydrogen-bond donors (Lipinski definition) is 0. The van der Waals surface area contributed by atoms with E-state index >= 15 is 0 Å². The summed E-state index contributed by atoms with van der Waals surface area (Å²) in [4.78, 5) is 37.7. The average Bonchev–Trinajstić information content (AvgIpc) is 2.62. The first-order valence-electron chi connectivity index (χ1n) is 10.7. The molecule has 0 aliphatic heterocycles. The summed E-state index contributed by atoms with van der Waals surface area (Å²) in [5.41, 5.74) is -0.587. The van der Waals surface area contributed by atoms with E-state index < -0.39 is 29.9 Å². The van der Waals surface area contributed by atoms with Crippen molar-refractivity contribution in [3.8, 4) is 0 Å². The molecule has 0 aromatic carbocycles. The number of amides is 1. The second kappa shape index (κ2) is 14.4.